The van der Waals surface area contributed by atoms with E-state index in [4.69, 9.17) is 4.74 Å². The molecule has 0 saturated heterocycles. The number of H-pyrrole nitrogens is 3. The van der Waals surface area contributed by atoms with Crippen molar-refractivity contribution < 1.29 is 19.1 Å². The number of amides is 3. The predicted octanol–water partition coefficient (Wildman–Crippen LogP) is 12.2. The van der Waals surface area contributed by atoms with Crippen LogP contribution in [0.4, 0.5) is 11.4 Å². The number of anilines is 2. The van der Waals surface area contributed by atoms with Crippen molar-refractivity contribution in [1.29, 1.82) is 0 Å². The second kappa shape index (κ2) is 28.4. The molecule has 0 fully saturated rings. The fourth-order valence-electron chi connectivity index (χ4n) is 8.77. The van der Waals surface area contributed by atoms with Gasteiger partial charge in [0.25, 0.3) is 17.7 Å². The minimum Gasteiger partial charge on any atom is -0.495 e. The summed E-state index contributed by atoms with van der Waals surface area (Å²) in [6.07, 6.45) is 13.2. The molecule has 0 radical (unpaired) electrons. The van der Waals surface area contributed by atoms with Gasteiger partial charge in [0, 0.05) is 58.6 Å². The molecule has 6 N–H and O–H groups in total. The number of thioether (sulfide) groups is 3. The monoisotopic (exact) mass is 1180 g/mol. The van der Waals surface area contributed by atoms with Gasteiger partial charge in [0.2, 0.25) is 0 Å². The number of aryl methyl sites for hydroxylation is 1. The van der Waals surface area contributed by atoms with Crippen LogP contribution in [-0.4, -0.2) is 90.3 Å². The minimum atomic E-state index is -0.185. The molecule has 85 heavy (non-hydrogen) atoms. The van der Waals surface area contributed by atoms with E-state index in [0.29, 0.717) is 63.5 Å². The third-order valence-corrected chi connectivity index (χ3v) is 16.3. The van der Waals surface area contributed by atoms with Gasteiger partial charge in [-0.1, -0.05) is 68.4 Å². The van der Waals surface area contributed by atoms with E-state index in [0.717, 1.165) is 70.5 Å². The van der Waals surface area contributed by atoms with Crippen LogP contribution in [0.25, 0.3) is 33.1 Å². The van der Waals surface area contributed by atoms with Crippen LogP contribution in [0.3, 0.4) is 0 Å². The lowest BCUT2D eigenvalue weighted by Gasteiger charge is -2.12. The van der Waals surface area contributed by atoms with E-state index in [1.165, 1.54) is 30.1 Å². The Hall–Kier alpha value is -9.84. The van der Waals surface area contributed by atoms with Crippen LogP contribution in [0.5, 0.6) is 5.75 Å². The SMILES string of the molecule is COc1ccccc1NC(=O)c1cccc(CSc2ncnc3[nH]ncc23)c1.Cc1cc(NC(=O)c2cccc(CSc3ncnc4[nH]ncc34)c2)ccc1C(C)C.O=C(NCc1ccncc1)c1cccc(CSc2ncnc3[nH]ncc23)c1. The maximum atomic E-state index is 12.8. The molecule has 20 nitrogen and oxygen atoms in total. The van der Waals surface area contributed by atoms with Gasteiger partial charge in [0.05, 0.1) is 47.5 Å². The molecule has 3 amide bonds. The lowest BCUT2D eigenvalue weighted by molar-refractivity contribution is 0.0949. The molecule has 0 saturated carbocycles. The molecule has 12 aromatic rings. The van der Waals surface area contributed by atoms with Crippen molar-refractivity contribution in [2.24, 2.45) is 0 Å². The topological polar surface area (TPSA) is 273 Å². The van der Waals surface area contributed by atoms with E-state index in [1.807, 2.05) is 109 Å². The number of hydrogen-bond acceptors (Lipinski definition) is 17. The Morgan fingerprint density at radius 2 is 0.988 bits per heavy atom. The summed E-state index contributed by atoms with van der Waals surface area (Å²) in [6.45, 7) is 6.89. The molecule has 0 aliphatic heterocycles. The molecular formula is C62H56N16O4S3. The first-order valence-electron chi connectivity index (χ1n) is 26.7. The van der Waals surface area contributed by atoms with Gasteiger partial charge in [0.1, 0.15) is 39.8 Å². The smallest absolute Gasteiger partial charge is 0.255 e. The fraction of sp³-hybridized carbons (Fsp3) is 0.145. The number of aromatic amines is 3. The Labute approximate surface area is 501 Å². The average molecular weight is 1190 g/mol. The van der Waals surface area contributed by atoms with Crippen LogP contribution in [0.2, 0.25) is 0 Å². The molecule has 0 atom stereocenters. The number of aromatic nitrogens is 13. The number of nitrogens with zero attached hydrogens (tertiary/aromatic N) is 10. The Balaban J connectivity index is 0.000000142. The van der Waals surface area contributed by atoms with E-state index in [1.54, 1.807) is 85.5 Å². The molecule has 12 rings (SSSR count). The summed E-state index contributed by atoms with van der Waals surface area (Å²) in [6, 6.07) is 40.0. The molecule has 0 spiro atoms. The van der Waals surface area contributed by atoms with Crippen molar-refractivity contribution in [1.82, 2.24) is 70.8 Å². The van der Waals surface area contributed by atoms with Crippen molar-refractivity contribution in [3.8, 4) is 5.75 Å². The van der Waals surface area contributed by atoms with E-state index >= 15 is 0 Å². The minimum absolute atomic E-state index is 0.0991. The lowest BCUT2D eigenvalue weighted by atomic mass is 9.97. The highest BCUT2D eigenvalue weighted by atomic mass is 32.2. The fourth-order valence-corrected chi connectivity index (χ4v) is 11.5. The number of hydrogen-bond donors (Lipinski definition) is 6. The molecule has 7 aromatic heterocycles. The van der Waals surface area contributed by atoms with Crippen LogP contribution >= 0.6 is 35.3 Å². The van der Waals surface area contributed by atoms with Gasteiger partial charge < -0.3 is 20.7 Å². The normalized spacial score (nSPS) is 10.9. The second-order valence-corrected chi connectivity index (χ2v) is 22.2. The number of para-hydroxylation sites is 2. The van der Waals surface area contributed by atoms with Crippen LogP contribution in [-0.2, 0) is 23.8 Å². The number of methoxy groups -OCH3 is 1. The van der Waals surface area contributed by atoms with E-state index in [-0.39, 0.29) is 17.7 Å². The molecule has 5 aromatic carbocycles. The average Bonchev–Trinajstić information content (AvgIpc) is 4.53. The van der Waals surface area contributed by atoms with E-state index in [2.05, 4.69) is 108 Å². The van der Waals surface area contributed by atoms with Gasteiger partial charge in [-0.2, -0.15) is 15.3 Å². The summed E-state index contributed by atoms with van der Waals surface area (Å²) >= 11 is 4.76. The highest BCUT2D eigenvalue weighted by molar-refractivity contribution is 7.99. The first kappa shape index (κ1) is 58.4. The predicted molar refractivity (Wildman–Crippen MR) is 333 cm³/mol. The highest BCUT2D eigenvalue weighted by Crippen LogP contribution is 2.31. The third kappa shape index (κ3) is 15.4. The van der Waals surface area contributed by atoms with Crippen LogP contribution in [0.15, 0.2) is 192 Å². The number of ether oxygens (including phenoxy) is 1. The van der Waals surface area contributed by atoms with Crippen molar-refractivity contribution >= 4 is 97.5 Å². The number of fused-ring (bicyclic) bond motifs is 3. The molecule has 0 unspecified atom stereocenters. The molecule has 0 aliphatic carbocycles. The van der Waals surface area contributed by atoms with Crippen LogP contribution in [0.1, 0.15) is 84.2 Å². The number of pyridine rings is 1. The zero-order valence-corrected chi connectivity index (χ0v) is 48.9. The molecule has 426 valence electrons. The number of benzene rings is 5. The third-order valence-electron chi connectivity index (χ3n) is 13.0. The van der Waals surface area contributed by atoms with Crippen LogP contribution in [0, 0.1) is 6.92 Å². The zero-order valence-electron chi connectivity index (χ0n) is 46.5. The maximum Gasteiger partial charge on any atom is 0.255 e. The van der Waals surface area contributed by atoms with Crippen molar-refractivity contribution in [2.75, 3.05) is 17.7 Å². The lowest BCUT2D eigenvalue weighted by Crippen LogP contribution is -2.22. The number of nitrogens with one attached hydrogen (secondary N) is 6. The van der Waals surface area contributed by atoms with Gasteiger partial charge >= 0.3 is 0 Å². The van der Waals surface area contributed by atoms with Gasteiger partial charge in [-0.3, -0.25) is 34.7 Å². The summed E-state index contributed by atoms with van der Waals surface area (Å²) in [5, 5.41) is 34.6. The van der Waals surface area contributed by atoms with E-state index in [9.17, 15) is 14.4 Å². The van der Waals surface area contributed by atoms with Gasteiger partial charge in [-0.05, 0) is 119 Å². The van der Waals surface area contributed by atoms with Gasteiger partial charge in [0.15, 0.2) is 16.9 Å². The molecular weight excluding hydrogens is 1130 g/mol. The van der Waals surface area contributed by atoms with Crippen molar-refractivity contribution in [3.05, 3.63) is 227 Å². The maximum absolute atomic E-state index is 12.8. The molecule has 0 aliphatic rings. The summed E-state index contributed by atoms with van der Waals surface area (Å²) in [7, 11) is 1.58. The molecule has 0 bridgehead atoms. The highest BCUT2D eigenvalue weighted by Gasteiger charge is 2.15. The van der Waals surface area contributed by atoms with Gasteiger partial charge in [-0.25, -0.2) is 29.9 Å². The Morgan fingerprint density at radius 3 is 1.46 bits per heavy atom. The quantitative estimate of drug-likeness (QED) is 0.0344. The Morgan fingerprint density at radius 1 is 0.518 bits per heavy atom. The van der Waals surface area contributed by atoms with Gasteiger partial charge in [-0.15, -0.1) is 35.3 Å². The number of rotatable bonds is 18. The Bertz CT molecular complexity index is 4250. The van der Waals surface area contributed by atoms with Crippen molar-refractivity contribution in [3.63, 3.8) is 0 Å². The largest absolute Gasteiger partial charge is 0.495 e. The summed E-state index contributed by atoms with van der Waals surface area (Å²) < 4.78 is 5.28. The summed E-state index contributed by atoms with van der Waals surface area (Å²) in [5.74, 6) is 2.75. The summed E-state index contributed by atoms with van der Waals surface area (Å²) in [5.41, 5.74) is 12.1. The number of carbonyl (C=O) groups is 3. The standard InChI is InChI=1S/C23H23N5OS.C20H17N5O2S.C19H16N6OS/c1-14(2)19-8-7-18(9-15(19)3)27-22(29)17-6-4-5-16(10-17)12-30-23-20-11-26-28-21(20)24-13-25-23;1-27-17-8-3-2-7-16(17)24-19(26)14-6-4-5-13(9-14)11-28-20-15-10-23-25-18(15)21-12-22-20;26-18(21-9-13-4-6-20-7-5-13)15-3-1-2-14(8-15)11-27-19-16-10-24-25-17(16)22-12-23-19/h4-11,13-14H,12H2,1-3H3,(H,27,29)(H,24,25,26,28);2-10,12H,11H2,1H3,(H,24,26)(H,21,22,23,25);1-8,10,12H,9,11H2,(H,21,26)(H,22,23,24,25). The first-order chi connectivity index (χ1) is 41.5. The molecule has 7 heterocycles. The van der Waals surface area contributed by atoms with E-state index < -0.39 is 0 Å². The Kier molecular flexibility index (Phi) is 19.5. The molecule has 23 heteroatoms. The van der Waals surface area contributed by atoms with Crippen molar-refractivity contribution in [2.45, 2.75) is 65.6 Å². The van der Waals surface area contributed by atoms with Crippen LogP contribution < -0.4 is 20.7 Å². The number of carbonyl (C=O) groups excluding carboxylic acids is 3. The zero-order chi connectivity index (χ0) is 58.9. The second-order valence-electron chi connectivity index (χ2n) is 19.3. The summed E-state index contributed by atoms with van der Waals surface area (Å²) in [4.78, 5) is 67.2. The first-order valence-corrected chi connectivity index (χ1v) is 29.6.